The van der Waals surface area contributed by atoms with E-state index >= 15 is 0 Å². The van der Waals surface area contributed by atoms with Crippen LogP contribution in [0.5, 0.6) is 17.2 Å². The summed E-state index contributed by atoms with van der Waals surface area (Å²) in [5, 5.41) is 7.75. The van der Waals surface area contributed by atoms with Gasteiger partial charge in [-0.3, -0.25) is 23.7 Å². The van der Waals surface area contributed by atoms with E-state index in [0.717, 1.165) is 5.56 Å². The van der Waals surface area contributed by atoms with Crippen molar-refractivity contribution in [1.82, 2.24) is 24.9 Å². The summed E-state index contributed by atoms with van der Waals surface area (Å²) < 4.78 is 34.0. The summed E-state index contributed by atoms with van der Waals surface area (Å²) in [6.07, 6.45) is 1.70. The highest BCUT2D eigenvalue weighted by atomic mass is 32.1. The third kappa shape index (κ3) is 6.87. The van der Waals surface area contributed by atoms with Gasteiger partial charge in [0.2, 0.25) is 0 Å². The molecule has 2 N–H and O–H groups in total. The van der Waals surface area contributed by atoms with Gasteiger partial charge < -0.3 is 24.8 Å². The Hall–Kier alpha value is -5.27. The Kier molecular flexibility index (Phi) is 8.78. The number of amides is 2. The first-order chi connectivity index (χ1) is 23.3. The van der Waals surface area contributed by atoms with Gasteiger partial charge in [-0.2, -0.15) is 0 Å². The van der Waals surface area contributed by atoms with E-state index in [9.17, 15) is 18.8 Å². The zero-order valence-corrected chi connectivity index (χ0v) is 26.8. The lowest BCUT2D eigenvalue weighted by Gasteiger charge is -2.38. The fourth-order valence-corrected chi connectivity index (χ4v) is 6.80. The van der Waals surface area contributed by atoms with Gasteiger partial charge in [0.25, 0.3) is 17.4 Å². The topological polar surface area (TPSA) is 124 Å². The highest BCUT2D eigenvalue weighted by Gasteiger charge is 2.33. The van der Waals surface area contributed by atoms with Crippen LogP contribution in [0.1, 0.15) is 28.0 Å². The molecule has 0 aliphatic carbocycles. The second-order valence-corrected chi connectivity index (χ2v) is 12.6. The molecule has 0 unspecified atom stereocenters. The van der Waals surface area contributed by atoms with Crippen LogP contribution in [-0.4, -0.2) is 65.1 Å². The van der Waals surface area contributed by atoms with Gasteiger partial charge in [-0.25, -0.2) is 9.37 Å². The Morgan fingerprint density at radius 3 is 2.81 bits per heavy atom. The van der Waals surface area contributed by atoms with Crippen molar-refractivity contribution in [2.75, 3.05) is 26.8 Å². The van der Waals surface area contributed by atoms with Gasteiger partial charge in [-0.1, -0.05) is 12.1 Å². The van der Waals surface area contributed by atoms with E-state index in [-0.39, 0.29) is 36.3 Å². The van der Waals surface area contributed by atoms with Crippen LogP contribution in [0.15, 0.2) is 83.1 Å². The third-order valence-corrected chi connectivity index (χ3v) is 9.13. The molecule has 7 rings (SSSR count). The summed E-state index contributed by atoms with van der Waals surface area (Å²) in [6, 6.07) is 17.7. The summed E-state index contributed by atoms with van der Waals surface area (Å²) in [6.45, 7) is 1.21. The molecule has 2 amide bonds. The fraction of sp³-hybridized carbons (Fsp3) is 0.257. The van der Waals surface area contributed by atoms with Crippen LogP contribution in [0.2, 0.25) is 0 Å². The second kappa shape index (κ2) is 13.5. The molecule has 5 aromatic rings. The maximum absolute atomic E-state index is 14.8. The van der Waals surface area contributed by atoms with Crippen molar-refractivity contribution >= 4 is 28.1 Å². The number of halogens is 1. The van der Waals surface area contributed by atoms with Crippen LogP contribution in [0, 0.1) is 5.82 Å². The zero-order valence-electron chi connectivity index (χ0n) is 26.0. The standard InChI is InChI=1S/C35H32FN5O6S/c1-45-30-6-5-23-14-28(30)22-3-2-4-26(13-22)46-20-32(42)37-17-21-11-24(36)15-27(12-21)47-31-7-8-40(19-29(31)39-34(23)44)18-25-16-33(43)41-9-10-48-35(41)38-25/h2-6,9-16,29,31H,7-8,17-20H2,1H3,(H,37,42)(H,39,44)/t29-,31-/m1/s1. The highest BCUT2D eigenvalue weighted by molar-refractivity contribution is 7.15. The number of nitrogens with one attached hydrogen (secondary N) is 2. The van der Waals surface area contributed by atoms with Crippen molar-refractivity contribution in [2.45, 2.75) is 31.7 Å². The molecule has 1 saturated heterocycles. The third-order valence-electron chi connectivity index (χ3n) is 8.38. The molecule has 6 bridgehead atoms. The minimum Gasteiger partial charge on any atom is -0.496 e. The van der Waals surface area contributed by atoms with Crippen LogP contribution in [0.3, 0.4) is 0 Å². The van der Waals surface area contributed by atoms with E-state index in [1.807, 2.05) is 11.4 Å². The van der Waals surface area contributed by atoms with Crippen molar-refractivity contribution in [3.8, 4) is 28.4 Å². The molecular formula is C35H32FN5O6S. The lowest BCUT2D eigenvalue weighted by Crippen LogP contribution is -2.56. The lowest BCUT2D eigenvalue weighted by molar-refractivity contribution is -0.123. The molecule has 3 aromatic carbocycles. The molecule has 246 valence electrons. The average Bonchev–Trinajstić information content (AvgIpc) is 3.56. The summed E-state index contributed by atoms with van der Waals surface area (Å²) in [5.41, 5.74) is 2.80. The summed E-state index contributed by atoms with van der Waals surface area (Å²) >= 11 is 1.39. The Morgan fingerprint density at radius 2 is 1.94 bits per heavy atom. The number of fused-ring (bicyclic) bond motifs is 9. The number of benzene rings is 3. The molecule has 4 heterocycles. The number of likely N-dealkylation sites (tertiary alicyclic amines) is 1. The molecular weight excluding hydrogens is 637 g/mol. The molecule has 48 heavy (non-hydrogen) atoms. The van der Waals surface area contributed by atoms with E-state index in [1.165, 1.54) is 33.9 Å². The van der Waals surface area contributed by atoms with Crippen LogP contribution in [0.25, 0.3) is 16.1 Å². The van der Waals surface area contributed by atoms with E-state index in [4.69, 9.17) is 14.2 Å². The van der Waals surface area contributed by atoms with Crippen molar-refractivity contribution in [3.63, 3.8) is 0 Å². The number of ether oxygens (including phenoxy) is 3. The molecule has 2 aliphatic heterocycles. The number of piperidine rings is 1. The minimum atomic E-state index is -0.513. The van der Waals surface area contributed by atoms with Gasteiger partial charge in [0, 0.05) is 61.0 Å². The van der Waals surface area contributed by atoms with Gasteiger partial charge >= 0.3 is 0 Å². The van der Waals surface area contributed by atoms with Gasteiger partial charge in [-0.15, -0.1) is 11.3 Å². The van der Waals surface area contributed by atoms with E-state index in [1.54, 1.807) is 55.8 Å². The number of hydrogen-bond acceptors (Lipinski definition) is 9. The van der Waals surface area contributed by atoms with Gasteiger partial charge in [-0.05, 0) is 60.0 Å². The number of carbonyl (C=O) groups is 2. The van der Waals surface area contributed by atoms with Crippen LogP contribution in [-0.2, 0) is 17.9 Å². The molecule has 2 atom stereocenters. The zero-order chi connectivity index (χ0) is 33.2. The van der Waals surface area contributed by atoms with Crippen molar-refractivity contribution in [1.29, 1.82) is 0 Å². The second-order valence-electron chi connectivity index (χ2n) is 11.7. The Morgan fingerprint density at radius 1 is 1.04 bits per heavy atom. The van der Waals surface area contributed by atoms with Crippen LogP contribution < -0.4 is 30.4 Å². The molecule has 13 heteroatoms. The number of aromatic nitrogens is 2. The Bertz CT molecular complexity index is 2070. The van der Waals surface area contributed by atoms with E-state index in [0.29, 0.717) is 64.9 Å². The summed E-state index contributed by atoms with van der Waals surface area (Å²) in [7, 11) is 1.56. The van der Waals surface area contributed by atoms with Gasteiger partial charge in [0.05, 0.1) is 18.8 Å². The molecule has 0 spiro atoms. The fourth-order valence-electron chi connectivity index (χ4n) is 6.07. The number of thiazole rings is 1. The maximum Gasteiger partial charge on any atom is 0.258 e. The smallest absolute Gasteiger partial charge is 0.258 e. The molecule has 0 saturated carbocycles. The van der Waals surface area contributed by atoms with E-state index in [2.05, 4.69) is 20.5 Å². The largest absolute Gasteiger partial charge is 0.496 e. The Balaban J connectivity index is 1.22. The number of hydrogen-bond donors (Lipinski definition) is 2. The first-order valence-electron chi connectivity index (χ1n) is 15.4. The highest BCUT2D eigenvalue weighted by Crippen LogP contribution is 2.33. The number of methoxy groups -OCH3 is 1. The summed E-state index contributed by atoms with van der Waals surface area (Å²) in [5.74, 6) is 0.0925. The van der Waals surface area contributed by atoms with Gasteiger partial charge in [0.15, 0.2) is 11.6 Å². The van der Waals surface area contributed by atoms with E-state index < -0.39 is 18.0 Å². The quantitative estimate of drug-likeness (QED) is 0.295. The van der Waals surface area contributed by atoms with Crippen molar-refractivity contribution in [2.24, 2.45) is 0 Å². The lowest BCUT2D eigenvalue weighted by atomic mass is 9.99. The number of rotatable bonds is 3. The predicted octanol–water partition coefficient (Wildman–Crippen LogP) is 4.03. The average molecular weight is 670 g/mol. The van der Waals surface area contributed by atoms with Gasteiger partial charge in [0.1, 0.15) is 29.2 Å². The molecule has 1 fully saturated rings. The maximum atomic E-state index is 14.8. The number of carbonyl (C=O) groups excluding carboxylic acids is 2. The first kappa shape index (κ1) is 31.3. The number of nitrogens with zero attached hydrogens (tertiary/aromatic N) is 3. The predicted molar refractivity (Wildman–Crippen MR) is 177 cm³/mol. The minimum absolute atomic E-state index is 0.0690. The molecule has 0 radical (unpaired) electrons. The molecule has 2 aromatic heterocycles. The monoisotopic (exact) mass is 669 g/mol. The molecule has 11 nitrogen and oxygen atoms in total. The van der Waals surface area contributed by atoms with Crippen LogP contribution >= 0.6 is 11.3 Å². The summed E-state index contributed by atoms with van der Waals surface area (Å²) in [4.78, 5) is 46.5. The van der Waals surface area contributed by atoms with Crippen LogP contribution in [0.4, 0.5) is 4.39 Å². The SMILES string of the molecule is COc1ccc2cc1-c1cccc(c1)OCC(=O)NCc1cc(F)cc(c1)O[C@@H]1CCN(Cc3cc(=O)n4ccsc4n3)C[C@H]1NC2=O. The van der Waals surface area contributed by atoms with Crippen molar-refractivity contribution in [3.05, 3.63) is 111 Å². The normalized spacial score (nSPS) is 18.6. The Labute approximate surface area is 278 Å². The first-order valence-corrected chi connectivity index (χ1v) is 16.3. The molecule has 2 aliphatic rings. The van der Waals surface area contributed by atoms with Crippen molar-refractivity contribution < 1.29 is 28.2 Å².